The summed E-state index contributed by atoms with van der Waals surface area (Å²) in [7, 11) is -2.52. The first-order chi connectivity index (χ1) is 13.6. The van der Waals surface area contributed by atoms with Gasteiger partial charge in [-0.3, -0.25) is 9.52 Å². The van der Waals surface area contributed by atoms with Gasteiger partial charge in [-0.15, -0.1) is 0 Å². The van der Waals surface area contributed by atoms with Gasteiger partial charge in [0, 0.05) is 17.3 Å². The number of methoxy groups -OCH3 is 1. The van der Waals surface area contributed by atoms with Crippen molar-refractivity contribution in [1.29, 1.82) is 0 Å². The average molecular weight is 428 g/mol. The van der Waals surface area contributed by atoms with E-state index in [1.54, 1.807) is 30.3 Å². The van der Waals surface area contributed by atoms with Crippen LogP contribution >= 0.6 is 0 Å². The molecule has 3 rings (SSSR count). The average Bonchev–Trinajstić information content (AvgIpc) is 2.66. The molecule has 0 fully saturated rings. The maximum absolute atomic E-state index is 12.9. The van der Waals surface area contributed by atoms with Crippen molar-refractivity contribution in [3.8, 4) is 5.75 Å². The third-order valence-corrected chi connectivity index (χ3v) is 6.13. The summed E-state index contributed by atoms with van der Waals surface area (Å²) in [6.45, 7) is 0. The predicted octanol–water partition coefficient (Wildman–Crippen LogP) is 3.03. The Hall–Kier alpha value is -2.75. The Morgan fingerprint density at radius 2 is 1.79 bits per heavy atom. The molecule has 29 heavy (non-hydrogen) atoms. The fraction of sp³-hybridized carbons (Fsp3) is 0.316. The fourth-order valence-electron chi connectivity index (χ4n) is 3.36. The van der Waals surface area contributed by atoms with Crippen molar-refractivity contribution in [3.05, 3.63) is 53.6 Å². The Balaban J connectivity index is 1.92. The fourth-order valence-corrected chi connectivity index (χ4v) is 4.72. The number of ether oxygens (including phenoxy) is 1. The number of sulfonamides is 1. The molecular formula is C19H19F3N2O4S. The molecule has 1 amide bonds. The van der Waals surface area contributed by atoms with E-state index in [-0.39, 0.29) is 24.2 Å². The number of hydrogen-bond acceptors (Lipinski definition) is 4. The third kappa shape index (κ3) is 4.64. The van der Waals surface area contributed by atoms with Crippen LogP contribution in [-0.4, -0.2) is 33.7 Å². The van der Waals surface area contributed by atoms with Crippen molar-refractivity contribution >= 4 is 21.6 Å². The second-order valence-corrected chi connectivity index (χ2v) is 8.26. The maximum Gasteiger partial charge on any atom is 0.471 e. The van der Waals surface area contributed by atoms with Crippen LogP contribution in [0.2, 0.25) is 0 Å². The van der Waals surface area contributed by atoms with Crippen molar-refractivity contribution in [1.82, 2.24) is 5.32 Å². The molecule has 2 aromatic rings. The summed E-state index contributed by atoms with van der Waals surface area (Å²) in [5.74, 6) is -1.65. The van der Waals surface area contributed by atoms with Crippen molar-refractivity contribution in [3.63, 3.8) is 0 Å². The van der Waals surface area contributed by atoms with Gasteiger partial charge in [0.1, 0.15) is 5.75 Å². The number of alkyl halides is 3. The number of carbonyl (C=O) groups excluding carboxylic acids is 1. The van der Waals surface area contributed by atoms with E-state index in [9.17, 15) is 26.4 Å². The smallest absolute Gasteiger partial charge is 0.471 e. The molecule has 1 aliphatic carbocycles. The highest BCUT2D eigenvalue weighted by Gasteiger charge is 2.40. The lowest BCUT2D eigenvalue weighted by atomic mass is 9.87. The zero-order chi connectivity index (χ0) is 21.2. The number of carbonyl (C=O) groups is 1. The lowest BCUT2D eigenvalue weighted by Crippen LogP contribution is -2.45. The van der Waals surface area contributed by atoms with Crippen LogP contribution in [0, 0.1) is 0 Å². The van der Waals surface area contributed by atoms with Crippen molar-refractivity contribution in [2.75, 3.05) is 11.8 Å². The topological polar surface area (TPSA) is 84.5 Å². The number of benzene rings is 2. The van der Waals surface area contributed by atoms with Gasteiger partial charge >= 0.3 is 12.1 Å². The molecule has 0 aliphatic heterocycles. The molecule has 6 nitrogen and oxygen atoms in total. The van der Waals surface area contributed by atoms with Crippen molar-refractivity contribution < 1.29 is 31.1 Å². The zero-order valence-corrected chi connectivity index (χ0v) is 16.2. The van der Waals surface area contributed by atoms with Crippen LogP contribution in [0.1, 0.15) is 17.5 Å². The first-order valence-corrected chi connectivity index (χ1v) is 10.2. The van der Waals surface area contributed by atoms with Crippen molar-refractivity contribution in [2.24, 2.45) is 0 Å². The number of halogens is 3. The zero-order valence-electron chi connectivity index (χ0n) is 15.4. The summed E-state index contributed by atoms with van der Waals surface area (Å²) in [5, 5.41) is 1.96. The molecule has 0 spiro atoms. The molecule has 0 heterocycles. The van der Waals surface area contributed by atoms with E-state index in [1.807, 2.05) is 5.32 Å². The Kier molecular flexibility index (Phi) is 5.74. The highest BCUT2D eigenvalue weighted by molar-refractivity contribution is 7.92. The molecule has 1 aliphatic rings. The minimum atomic E-state index is -4.98. The molecule has 0 radical (unpaired) electrons. The van der Waals surface area contributed by atoms with Crippen LogP contribution in [-0.2, 0) is 27.7 Å². The van der Waals surface area contributed by atoms with Gasteiger partial charge in [-0.05, 0) is 49.1 Å². The van der Waals surface area contributed by atoms with Crippen LogP contribution in [0.5, 0.6) is 5.75 Å². The van der Waals surface area contributed by atoms with E-state index in [0.717, 1.165) is 0 Å². The molecule has 0 saturated heterocycles. The number of anilines is 1. The van der Waals surface area contributed by atoms with Gasteiger partial charge < -0.3 is 10.1 Å². The summed E-state index contributed by atoms with van der Waals surface area (Å²) >= 11 is 0. The standard InChI is InChI=1S/C19H19F3N2O4S/c1-28-16-9-10-17(29(26,27)24-12-5-3-2-4-6-12)14-8-7-13(11-15(14)16)23-18(25)19(20,21)22/h2-6,9-10,13,24H,7-8,11H2,1H3,(H,23,25). The van der Waals surface area contributed by atoms with Gasteiger partial charge in [0.2, 0.25) is 0 Å². The summed E-state index contributed by atoms with van der Waals surface area (Å²) in [6.07, 6.45) is -4.58. The number of rotatable bonds is 5. The SMILES string of the molecule is COc1ccc(S(=O)(=O)Nc2ccccc2)c2c1CC(NC(=O)C(F)(F)F)CC2. The van der Waals surface area contributed by atoms with Gasteiger partial charge in [0.15, 0.2) is 0 Å². The largest absolute Gasteiger partial charge is 0.496 e. The minimum absolute atomic E-state index is 0.0367. The Morgan fingerprint density at radius 3 is 2.41 bits per heavy atom. The monoisotopic (exact) mass is 428 g/mol. The minimum Gasteiger partial charge on any atom is -0.496 e. The molecule has 2 N–H and O–H groups in total. The Labute approximate surface area is 166 Å². The van der Waals surface area contributed by atoms with Gasteiger partial charge in [-0.2, -0.15) is 13.2 Å². The number of nitrogens with one attached hydrogen (secondary N) is 2. The summed E-state index contributed by atoms with van der Waals surface area (Å²) in [5.41, 5.74) is 1.34. The van der Waals surface area contributed by atoms with Crippen LogP contribution < -0.4 is 14.8 Å². The first kappa shape index (κ1) is 21.0. The van der Waals surface area contributed by atoms with E-state index in [0.29, 0.717) is 22.6 Å². The second kappa shape index (κ2) is 7.94. The van der Waals surface area contributed by atoms with Crippen LogP contribution in [0.15, 0.2) is 47.4 Å². The maximum atomic E-state index is 12.9. The normalized spacial score (nSPS) is 16.6. The lowest BCUT2D eigenvalue weighted by Gasteiger charge is -2.28. The van der Waals surface area contributed by atoms with Crippen molar-refractivity contribution in [2.45, 2.75) is 36.4 Å². The second-order valence-electron chi connectivity index (χ2n) is 6.61. The summed E-state index contributed by atoms with van der Waals surface area (Å²) in [6, 6.07) is 10.5. The number of fused-ring (bicyclic) bond motifs is 1. The number of hydrogen-bond donors (Lipinski definition) is 2. The molecule has 1 unspecified atom stereocenters. The number of para-hydroxylation sites is 1. The molecule has 0 aromatic heterocycles. The van der Waals surface area contributed by atoms with Gasteiger partial charge in [-0.25, -0.2) is 8.42 Å². The van der Waals surface area contributed by atoms with Gasteiger partial charge in [0.25, 0.3) is 10.0 Å². The van der Waals surface area contributed by atoms with Gasteiger partial charge in [-0.1, -0.05) is 18.2 Å². The Morgan fingerprint density at radius 1 is 1.10 bits per heavy atom. The molecule has 0 saturated carbocycles. The molecule has 10 heteroatoms. The quantitative estimate of drug-likeness (QED) is 0.767. The molecular weight excluding hydrogens is 409 g/mol. The van der Waals surface area contributed by atoms with E-state index in [2.05, 4.69) is 4.72 Å². The van der Waals surface area contributed by atoms with Crippen LogP contribution in [0.25, 0.3) is 0 Å². The highest BCUT2D eigenvalue weighted by atomic mass is 32.2. The molecule has 1 atom stereocenters. The van der Waals surface area contributed by atoms with E-state index in [1.165, 1.54) is 19.2 Å². The van der Waals surface area contributed by atoms with E-state index in [4.69, 9.17) is 4.74 Å². The molecule has 156 valence electrons. The first-order valence-electron chi connectivity index (χ1n) is 8.76. The summed E-state index contributed by atoms with van der Waals surface area (Å²) < 4.78 is 71.2. The highest BCUT2D eigenvalue weighted by Crippen LogP contribution is 2.35. The molecule has 2 aromatic carbocycles. The third-order valence-electron chi connectivity index (χ3n) is 4.67. The van der Waals surface area contributed by atoms with Crippen LogP contribution in [0.4, 0.5) is 18.9 Å². The van der Waals surface area contributed by atoms with Crippen LogP contribution in [0.3, 0.4) is 0 Å². The van der Waals surface area contributed by atoms with E-state index < -0.39 is 28.1 Å². The van der Waals surface area contributed by atoms with Gasteiger partial charge in [0.05, 0.1) is 12.0 Å². The lowest BCUT2D eigenvalue weighted by molar-refractivity contribution is -0.174. The molecule has 0 bridgehead atoms. The van der Waals surface area contributed by atoms with E-state index >= 15 is 0 Å². The Bertz CT molecular complexity index is 1010. The number of amides is 1. The summed E-state index contributed by atoms with van der Waals surface area (Å²) in [4.78, 5) is 11.3. The predicted molar refractivity (Wildman–Crippen MR) is 100 cm³/mol.